The smallest absolute Gasteiger partial charge is 0.00124 e. The summed E-state index contributed by atoms with van der Waals surface area (Å²) in [4.78, 5) is 2.47. The van der Waals surface area contributed by atoms with Gasteiger partial charge < -0.3 is 4.90 Å². The Kier molecular flexibility index (Phi) is 1.99. The molecule has 2 rings (SSSR count). The standard InChI is InChI=1S/C10H17N/c1-11-7-6-9-4-2-3-5-10(9)8-11/h2,4,9-10H,3,5-8H2,1H3/t9-,10-/m0/s1. The molecule has 1 aliphatic heterocycles. The maximum absolute atomic E-state index is 2.47. The van der Waals surface area contributed by atoms with E-state index in [1.807, 2.05) is 0 Å². The van der Waals surface area contributed by atoms with Crippen LogP contribution < -0.4 is 0 Å². The topological polar surface area (TPSA) is 3.24 Å². The number of fused-ring (bicyclic) bond motifs is 1. The van der Waals surface area contributed by atoms with Gasteiger partial charge in [0.15, 0.2) is 0 Å². The normalized spacial score (nSPS) is 38.6. The lowest BCUT2D eigenvalue weighted by atomic mass is 9.79. The Labute approximate surface area is 69.1 Å². The first kappa shape index (κ1) is 7.35. The van der Waals surface area contributed by atoms with Crippen molar-refractivity contribution in [3.63, 3.8) is 0 Å². The minimum Gasteiger partial charge on any atom is -0.306 e. The number of hydrogen-bond donors (Lipinski definition) is 0. The Bertz CT molecular complexity index is 162. The van der Waals surface area contributed by atoms with Crippen LogP contribution in [0, 0.1) is 11.8 Å². The third kappa shape index (κ3) is 1.48. The van der Waals surface area contributed by atoms with Gasteiger partial charge in [-0.05, 0) is 44.7 Å². The largest absolute Gasteiger partial charge is 0.306 e. The molecule has 1 saturated heterocycles. The first-order valence-electron chi connectivity index (χ1n) is 4.71. The molecule has 0 unspecified atom stereocenters. The maximum Gasteiger partial charge on any atom is 0.00124 e. The molecule has 0 aromatic rings. The summed E-state index contributed by atoms with van der Waals surface area (Å²) in [6, 6.07) is 0. The first-order valence-corrected chi connectivity index (χ1v) is 4.71. The van der Waals surface area contributed by atoms with E-state index >= 15 is 0 Å². The van der Waals surface area contributed by atoms with Crippen molar-refractivity contribution in [1.82, 2.24) is 4.90 Å². The second kappa shape index (κ2) is 2.98. The van der Waals surface area contributed by atoms with Crippen molar-refractivity contribution in [3.05, 3.63) is 12.2 Å². The molecule has 1 nitrogen and oxygen atoms in total. The average Bonchev–Trinajstić information content (AvgIpc) is 2.04. The molecule has 1 aliphatic carbocycles. The minimum absolute atomic E-state index is 0.917. The predicted octanol–water partition coefficient (Wildman–Crippen LogP) is 1.90. The van der Waals surface area contributed by atoms with Gasteiger partial charge in [-0.2, -0.15) is 0 Å². The highest BCUT2D eigenvalue weighted by atomic mass is 15.1. The van der Waals surface area contributed by atoms with Crippen LogP contribution in [0.3, 0.4) is 0 Å². The van der Waals surface area contributed by atoms with Crippen molar-refractivity contribution in [1.29, 1.82) is 0 Å². The summed E-state index contributed by atoms with van der Waals surface area (Å²) in [6.07, 6.45) is 8.94. The van der Waals surface area contributed by atoms with E-state index < -0.39 is 0 Å². The summed E-state index contributed by atoms with van der Waals surface area (Å²) in [6.45, 7) is 2.63. The van der Waals surface area contributed by atoms with Crippen LogP contribution in [0.2, 0.25) is 0 Å². The zero-order valence-electron chi connectivity index (χ0n) is 7.29. The molecule has 0 bridgehead atoms. The Balaban J connectivity index is 2.02. The summed E-state index contributed by atoms with van der Waals surface area (Å²) in [7, 11) is 2.24. The molecule has 1 fully saturated rings. The van der Waals surface area contributed by atoms with Gasteiger partial charge in [-0.15, -0.1) is 0 Å². The minimum atomic E-state index is 0.917. The predicted molar refractivity (Wildman–Crippen MR) is 47.5 cm³/mol. The second-order valence-corrected chi connectivity index (χ2v) is 3.98. The summed E-state index contributed by atoms with van der Waals surface area (Å²) >= 11 is 0. The fraction of sp³-hybridized carbons (Fsp3) is 0.800. The molecule has 0 aromatic carbocycles. The molecule has 62 valence electrons. The Morgan fingerprint density at radius 1 is 1.36 bits per heavy atom. The molecular weight excluding hydrogens is 134 g/mol. The van der Waals surface area contributed by atoms with Gasteiger partial charge in [0.05, 0.1) is 0 Å². The van der Waals surface area contributed by atoms with Crippen molar-refractivity contribution in [2.24, 2.45) is 11.8 Å². The van der Waals surface area contributed by atoms with Crippen LogP contribution in [0.5, 0.6) is 0 Å². The van der Waals surface area contributed by atoms with Crippen molar-refractivity contribution in [2.45, 2.75) is 19.3 Å². The van der Waals surface area contributed by atoms with Gasteiger partial charge in [-0.25, -0.2) is 0 Å². The number of rotatable bonds is 0. The Morgan fingerprint density at radius 2 is 2.27 bits per heavy atom. The maximum atomic E-state index is 2.47. The molecule has 0 radical (unpaired) electrons. The molecule has 0 aromatic heterocycles. The van der Waals surface area contributed by atoms with Crippen LogP contribution >= 0.6 is 0 Å². The average molecular weight is 151 g/mol. The molecule has 0 N–H and O–H groups in total. The second-order valence-electron chi connectivity index (χ2n) is 3.98. The molecule has 11 heavy (non-hydrogen) atoms. The Morgan fingerprint density at radius 3 is 3.18 bits per heavy atom. The molecule has 1 heteroatoms. The van der Waals surface area contributed by atoms with E-state index in [9.17, 15) is 0 Å². The number of nitrogens with zero attached hydrogens (tertiary/aromatic N) is 1. The zero-order chi connectivity index (χ0) is 7.68. The summed E-state index contributed by atoms with van der Waals surface area (Å²) in [5.41, 5.74) is 0. The molecule has 0 saturated carbocycles. The molecule has 0 spiro atoms. The van der Waals surface area contributed by atoms with Crippen molar-refractivity contribution < 1.29 is 0 Å². The van der Waals surface area contributed by atoms with E-state index in [4.69, 9.17) is 0 Å². The number of piperidine rings is 1. The lowest BCUT2D eigenvalue weighted by Gasteiger charge is -2.37. The van der Waals surface area contributed by atoms with E-state index in [-0.39, 0.29) is 0 Å². The van der Waals surface area contributed by atoms with Crippen LogP contribution in [0.4, 0.5) is 0 Å². The van der Waals surface area contributed by atoms with Crippen LogP contribution in [-0.2, 0) is 0 Å². The van der Waals surface area contributed by atoms with E-state index in [1.165, 1.54) is 32.4 Å². The van der Waals surface area contributed by atoms with Crippen molar-refractivity contribution >= 4 is 0 Å². The van der Waals surface area contributed by atoms with Crippen molar-refractivity contribution in [2.75, 3.05) is 20.1 Å². The first-order chi connectivity index (χ1) is 5.36. The van der Waals surface area contributed by atoms with Gasteiger partial charge in [-0.1, -0.05) is 12.2 Å². The fourth-order valence-corrected chi connectivity index (χ4v) is 2.37. The van der Waals surface area contributed by atoms with Crippen LogP contribution in [-0.4, -0.2) is 25.0 Å². The highest BCUT2D eigenvalue weighted by molar-refractivity contribution is 4.99. The summed E-state index contributed by atoms with van der Waals surface area (Å²) in [5, 5.41) is 0. The van der Waals surface area contributed by atoms with E-state index in [0.29, 0.717) is 0 Å². The SMILES string of the molecule is CN1CC[C@@H]2C=CCC[C@H]2C1. The van der Waals surface area contributed by atoms with Gasteiger partial charge in [0.25, 0.3) is 0 Å². The number of allylic oxidation sites excluding steroid dienone is 2. The fourth-order valence-electron chi connectivity index (χ4n) is 2.37. The van der Waals surface area contributed by atoms with Gasteiger partial charge >= 0.3 is 0 Å². The molecule has 0 amide bonds. The van der Waals surface area contributed by atoms with Crippen molar-refractivity contribution in [3.8, 4) is 0 Å². The highest BCUT2D eigenvalue weighted by Crippen LogP contribution is 2.31. The van der Waals surface area contributed by atoms with Gasteiger partial charge in [0.1, 0.15) is 0 Å². The van der Waals surface area contributed by atoms with Crippen LogP contribution in [0.15, 0.2) is 12.2 Å². The molecule has 1 heterocycles. The summed E-state index contributed by atoms with van der Waals surface area (Å²) < 4.78 is 0. The number of likely N-dealkylation sites (tertiary alicyclic amines) is 1. The van der Waals surface area contributed by atoms with E-state index in [0.717, 1.165) is 11.8 Å². The lowest BCUT2D eigenvalue weighted by Crippen LogP contribution is -2.38. The van der Waals surface area contributed by atoms with Crippen LogP contribution in [0.1, 0.15) is 19.3 Å². The monoisotopic (exact) mass is 151 g/mol. The van der Waals surface area contributed by atoms with Crippen LogP contribution in [0.25, 0.3) is 0 Å². The third-order valence-electron chi connectivity index (χ3n) is 3.08. The Hall–Kier alpha value is -0.300. The number of hydrogen-bond acceptors (Lipinski definition) is 1. The highest BCUT2D eigenvalue weighted by Gasteiger charge is 2.26. The zero-order valence-corrected chi connectivity index (χ0v) is 7.29. The van der Waals surface area contributed by atoms with Gasteiger partial charge in [0, 0.05) is 6.54 Å². The lowest BCUT2D eigenvalue weighted by molar-refractivity contribution is 0.157. The van der Waals surface area contributed by atoms with Gasteiger partial charge in [0.2, 0.25) is 0 Å². The third-order valence-corrected chi connectivity index (χ3v) is 3.08. The quantitative estimate of drug-likeness (QED) is 0.478. The molecular formula is C10H17N. The van der Waals surface area contributed by atoms with E-state index in [1.54, 1.807) is 0 Å². The molecule has 2 aliphatic rings. The molecule has 2 atom stereocenters. The van der Waals surface area contributed by atoms with E-state index in [2.05, 4.69) is 24.1 Å². The summed E-state index contributed by atoms with van der Waals surface area (Å²) in [5.74, 6) is 1.89. The van der Waals surface area contributed by atoms with Gasteiger partial charge in [-0.3, -0.25) is 0 Å².